The van der Waals surface area contributed by atoms with Gasteiger partial charge in [0.25, 0.3) is 0 Å². The van der Waals surface area contributed by atoms with Gasteiger partial charge in [0.1, 0.15) is 16.8 Å². The zero-order chi connectivity index (χ0) is 27.9. The Balaban J connectivity index is 1.61. The van der Waals surface area contributed by atoms with Crippen molar-refractivity contribution in [2.45, 2.75) is 37.6 Å². The molecular weight excluding hydrogens is 549 g/mol. The highest BCUT2D eigenvalue weighted by molar-refractivity contribution is 7.89. The summed E-state index contributed by atoms with van der Waals surface area (Å²) in [6, 6.07) is 6.57. The molecule has 2 atom stereocenters. The maximum Gasteiger partial charge on any atom is 0.434 e. The van der Waals surface area contributed by atoms with E-state index >= 15 is 4.39 Å². The third-order valence-electron chi connectivity index (χ3n) is 7.63. The topological polar surface area (TPSA) is 112 Å². The Morgan fingerprint density at radius 3 is 2.59 bits per heavy atom. The number of aromatic amines is 1. The maximum atomic E-state index is 15.3. The van der Waals surface area contributed by atoms with Crippen molar-refractivity contribution in [3.8, 4) is 0 Å². The summed E-state index contributed by atoms with van der Waals surface area (Å²) in [6.07, 6.45) is 0. The van der Waals surface area contributed by atoms with Crippen molar-refractivity contribution < 1.29 is 22.0 Å². The molecule has 0 spiro atoms. The van der Waals surface area contributed by atoms with Crippen molar-refractivity contribution in [3.63, 3.8) is 0 Å². The second-order valence-electron chi connectivity index (χ2n) is 9.95. The van der Waals surface area contributed by atoms with Crippen LogP contribution in [0.2, 0.25) is 5.02 Å². The molecule has 5 rings (SSSR count). The molecule has 13 heteroatoms. The number of hydrogen-bond donors (Lipinski definition) is 1. The largest absolute Gasteiger partial charge is 0.434 e. The average molecular weight is 580 g/mol. The highest BCUT2D eigenvalue weighted by Crippen LogP contribution is 2.44. The second-order valence-corrected chi connectivity index (χ2v) is 12.2. The number of morpholine rings is 1. The zero-order valence-electron chi connectivity index (χ0n) is 22.0. The Morgan fingerprint density at radius 2 is 1.90 bits per heavy atom. The van der Waals surface area contributed by atoms with E-state index in [1.807, 2.05) is 11.8 Å². The molecule has 0 amide bonds. The number of rotatable bonds is 7. The lowest BCUT2D eigenvalue weighted by molar-refractivity contribution is 0.0389. The van der Waals surface area contributed by atoms with Gasteiger partial charge in [-0.15, -0.1) is 5.10 Å². The number of halogens is 2. The monoisotopic (exact) mass is 579 g/mol. The number of aromatic nitrogens is 2. The number of aryl methyl sites for hydroxylation is 1. The number of hydrogen-bond acceptors (Lipinski definition) is 8. The number of nitrogens with zero attached hydrogens (tertiary/aromatic N) is 4. The fourth-order valence-electron chi connectivity index (χ4n) is 5.39. The van der Waals surface area contributed by atoms with E-state index in [1.165, 1.54) is 22.5 Å². The van der Waals surface area contributed by atoms with Gasteiger partial charge in [-0.3, -0.25) is 4.90 Å². The molecule has 0 aliphatic carbocycles. The van der Waals surface area contributed by atoms with Gasteiger partial charge in [-0.05, 0) is 54.8 Å². The highest BCUT2D eigenvalue weighted by Gasteiger charge is 2.45. The predicted molar refractivity (Wildman–Crippen MR) is 144 cm³/mol. The highest BCUT2D eigenvalue weighted by atomic mass is 35.5. The minimum atomic E-state index is -4.14. The van der Waals surface area contributed by atoms with Crippen molar-refractivity contribution >= 4 is 27.3 Å². The average Bonchev–Trinajstić information content (AvgIpc) is 3.33. The van der Waals surface area contributed by atoms with Gasteiger partial charge in [-0.2, -0.15) is 4.31 Å². The van der Waals surface area contributed by atoms with Gasteiger partial charge in [0.2, 0.25) is 15.9 Å². The molecule has 39 heavy (non-hydrogen) atoms. The molecule has 2 aromatic carbocycles. The molecule has 1 saturated heterocycles. The Hall–Kier alpha value is -2.77. The molecule has 2 aliphatic heterocycles. The van der Waals surface area contributed by atoms with Crippen molar-refractivity contribution in [1.29, 1.82) is 0 Å². The third kappa shape index (κ3) is 5.36. The van der Waals surface area contributed by atoms with Crippen LogP contribution in [0.1, 0.15) is 41.5 Å². The van der Waals surface area contributed by atoms with Gasteiger partial charge in [-0.1, -0.05) is 24.6 Å². The lowest BCUT2D eigenvalue weighted by Crippen LogP contribution is -2.51. The number of sulfonamides is 1. The summed E-state index contributed by atoms with van der Waals surface area (Å²) in [5.74, 6) is -2.18. The van der Waals surface area contributed by atoms with Crippen molar-refractivity contribution in [1.82, 2.24) is 19.4 Å². The fraction of sp³-hybridized carbons (Fsp3) is 0.462. The van der Waals surface area contributed by atoms with E-state index in [0.29, 0.717) is 48.1 Å². The Kier molecular flexibility index (Phi) is 7.84. The number of H-pyrrole nitrogens is 1. The lowest BCUT2D eigenvalue weighted by atomic mass is 9.87. The minimum absolute atomic E-state index is 0.0663. The first-order valence-electron chi connectivity index (χ1n) is 12.8. The van der Waals surface area contributed by atoms with E-state index < -0.39 is 33.6 Å². The summed E-state index contributed by atoms with van der Waals surface area (Å²) in [6.45, 7) is 9.32. The molecule has 210 valence electrons. The summed E-state index contributed by atoms with van der Waals surface area (Å²) in [7, 11) is -4.14. The van der Waals surface area contributed by atoms with Crippen LogP contribution >= 0.6 is 11.6 Å². The molecular formula is C26H31ClFN5O5S. The number of fused-ring (bicyclic) bond motifs is 1. The summed E-state index contributed by atoms with van der Waals surface area (Å²) < 4.78 is 55.6. The summed E-state index contributed by atoms with van der Waals surface area (Å²) >= 11 is 6.29. The van der Waals surface area contributed by atoms with Crippen molar-refractivity contribution in [3.05, 3.63) is 74.3 Å². The molecule has 2 aliphatic rings. The third-order valence-corrected chi connectivity index (χ3v) is 9.72. The number of ether oxygens (including phenoxy) is 1. The van der Waals surface area contributed by atoms with Gasteiger partial charge >= 0.3 is 5.76 Å². The van der Waals surface area contributed by atoms with E-state index in [-0.39, 0.29) is 17.5 Å². The van der Waals surface area contributed by atoms with Crippen LogP contribution in [0, 0.1) is 19.7 Å². The summed E-state index contributed by atoms with van der Waals surface area (Å²) in [4.78, 5) is 16.2. The van der Waals surface area contributed by atoms with Gasteiger partial charge < -0.3 is 14.1 Å². The van der Waals surface area contributed by atoms with Gasteiger partial charge in [-0.25, -0.2) is 22.7 Å². The van der Waals surface area contributed by atoms with Crippen molar-refractivity contribution in [2.24, 2.45) is 0 Å². The molecule has 3 heterocycles. The SMILES string of the molecule is Cc1ccc(F)c([C@@H](C)[C@@H](c2n[nH]c(=O)o2)N2CN(CCN3CCOCC3)c3cc(Cl)ccc3S2(=O)=O)c1C. The number of nitrogens with one attached hydrogen (secondary N) is 1. The standard InChI is InChI=1S/C26H31ClFN5O5S/c1-16-4-6-20(28)23(17(16)2)18(3)24(25-29-30-26(34)38-25)33-15-32(9-8-31-10-12-37-13-11-31)21-14-19(27)5-7-22(21)39(33,35)36/h4-7,14,18,24H,8-13,15H2,1-3H3,(H,30,34)/t18-,24+/m1/s1. The molecule has 1 N–H and O–H groups in total. The van der Waals surface area contributed by atoms with Crippen LogP contribution in [0.25, 0.3) is 0 Å². The van der Waals surface area contributed by atoms with Gasteiger partial charge in [0.05, 0.1) is 25.6 Å². The zero-order valence-corrected chi connectivity index (χ0v) is 23.6. The quantitative estimate of drug-likeness (QED) is 0.453. The normalized spacial score (nSPS) is 19.6. The lowest BCUT2D eigenvalue weighted by Gasteiger charge is -2.42. The molecule has 0 bridgehead atoms. The van der Waals surface area contributed by atoms with Gasteiger partial charge in [0, 0.05) is 37.1 Å². The van der Waals surface area contributed by atoms with Crippen LogP contribution in [0.4, 0.5) is 10.1 Å². The molecule has 1 aromatic heterocycles. The number of benzene rings is 2. The maximum absolute atomic E-state index is 15.3. The van der Waals surface area contributed by atoms with Crippen LogP contribution < -0.4 is 10.7 Å². The van der Waals surface area contributed by atoms with Crippen LogP contribution in [-0.4, -0.2) is 73.9 Å². The molecule has 3 aromatic rings. The first kappa shape index (κ1) is 27.8. The minimum Gasteiger partial charge on any atom is -0.391 e. The first-order valence-corrected chi connectivity index (χ1v) is 14.6. The van der Waals surface area contributed by atoms with Crippen LogP contribution in [-0.2, 0) is 14.8 Å². The van der Waals surface area contributed by atoms with E-state index in [4.69, 9.17) is 20.8 Å². The Labute approximate surface area is 231 Å². The van der Waals surface area contributed by atoms with E-state index in [1.54, 1.807) is 26.0 Å². The van der Waals surface area contributed by atoms with E-state index in [9.17, 15) is 13.2 Å². The summed E-state index contributed by atoms with van der Waals surface area (Å²) in [5, 5.41) is 6.65. The van der Waals surface area contributed by atoms with E-state index in [0.717, 1.165) is 18.7 Å². The summed E-state index contributed by atoms with van der Waals surface area (Å²) in [5.41, 5.74) is 2.37. The Bertz CT molecular complexity index is 1520. The molecule has 0 unspecified atom stereocenters. The smallest absolute Gasteiger partial charge is 0.391 e. The van der Waals surface area contributed by atoms with Crippen LogP contribution in [0.15, 0.2) is 44.4 Å². The van der Waals surface area contributed by atoms with Crippen LogP contribution in [0.3, 0.4) is 0 Å². The van der Waals surface area contributed by atoms with Gasteiger partial charge in [0.15, 0.2) is 0 Å². The predicted octanol–water partition coefficient (Wildman–Crippen LogP) is 3.42. The molecule has 10 nitrogen and oxygen atoms in total. The van der Waals surface area contributed by atoms with E-state index in [2.05, 4.69) is 15.1 Å². The molecule has 0 saturated carbocycles. The first-order chi connectivity index (χ1) is 18.6. The second kappa shape index (κ2) is 11.0. The molecule has 0 radical (unpaired) electrons. The Morgan fingerprint density at radius 1 is 1.15 bits per heavy atom. The number of anilines is 1. The van der Waals surface area contributed by atoms with Crippen molar-refractivity contribution in [2.75, 3.05) is 51.0 Å². The van der Waals surface area contributed by atoms with Crippen LogP contribution in [0.5, 0.6) is 0 Å². The molecule has 1 fully saturated rings. The fourth-order valence-corrected chi connectivity index (χ4v) is 7.37.